The summed E-state index contributed by atoms with van der Waals surface area (Å²) in [5.41, 5.74) is 4.91. The summed E-state index contributed by atoms with van der Waals surface area (Å²) >= 11 is 3.16. The average Bonchev–Trinajstić information content (AvgIpc) is 2.97. The standard InChI is InChI=1S/C10H16BrN3O9P2/c1-20-24(16,17)23-25(18,19)21-5-6-2-3-8(22-6)14-4-7(11)9(12)13-10(14)15/h4,6,8H,2-3,5H2,1H3,(H,16,17)(H,18,19)(H2,12,13,15)/t6-,8?/m0/s1. The summed E-state index contributed by atoms with van der Waals surface area (Å²) in [4.78, 5) is 33.9. The number of rotatable bonds is 7. The van der Waals surface area contributed by atoms with Crippen molar-refractivity contribution in [1.29, 1.82) is 0 Å². The molecule has 0 amide bonds. The Balaban J connectivity index is 1.96. The van der Waals surface area contributed by atoms with Crippen LogP contribution in [0.1, 0.15) is 19.1 Å². The Bertz CT molecular complexity index is 787. The molecule has 1 saturated heterocycles. The summed E-state index contributed by atoms with van der Waals surface area (Å²) in [7, 11) is -8.67. The van der Waals surface area contributed by atoms with Crippen LogP contribution in [0, 0.1) is 0 Å². The molecule has 1 fully saturated rings. The fraction of sp³-hybridized carbons (Fsp3) is 0.600. The van der Waals surface area contributed by atoms with Crippen molar-refractivity contribution in [1.82, 2.24) is 9.55 Å². The van der Waals surface area contributed by atoms with E-state index in [0.29, 0.717) is 17.3 Å². The molecule has 2 heterocycles. The van der Waals surface area contributed by atoms with E-state index in [9.17, 15) is 18.8 Å². The molecule has 1 aliphatic rings. The van der Waals surface area contributed by atoms with E-state index in [1.165, 1.54) is 10.8 Å². The third kappa shape index (κ3) is 5.68. The second kappa shape index (κ2) is 7.95. The van der Waals surface area contributed by atoms with E-state index in [4.69, 9.17) is 15.4 Å². The summed E-state index contributed by atoms with van der Waals surface area (Å²) < 4.78 is 42.6. The first kappa shape index (κ1) is 20.7. The van der Waals surface area contributed by atoms with Crippen LogP contribution in [0.4, 0.5) is 5.82 Å². The maximum Gasteiger partial charge on any atom is 0.481 e. The van der Waals surface area contributed by atoms with Gasteiger partial charge in [0.25, 0.3) is 0 Å². The van der Waals surface area contributed by atoms with Crippen LogP contribution in [-0.2, 0) is 27.2 Å². The minimum absolute atomic E-state index is 0.0454. The third-order valence-corrected chi connectivity index (χ3v) is 6.39. The molecule has 4 atom stereocenters. The topological polar surface area (TPSA) is 172 Å². The quantitative estimate of drug-likeness (QED) is 0.494. The monoisotopic (exact) mass is 463 g/mol. The van der Waals surface area contributed by atoms with Gasteiger partial charge in [0.05, 0.1) is 17.2 Å². The van der Waals surface area contributed by atoms with E-state index in [2.05, 4.69) is 34.3 Å². The Labute approximate surface area is 150 Å². The fourth-order valence-electron chi connectivity index (χ4n) is 2.04. The van der Waals surface area contributed by atoms with Crippen molar-refractivity contribution < 1.29 is 37.0 Å². The molecule has 142 valence electrons. The molecule has 0 radical (unpaired) electrons. The predicted molar refractivity (Wildman–Crippen MR) is 87.5 cm³/mol. The summed E-state index contributed by atoms with van der Waals surface area (Å²) in [6.07, 6.45) is 0.948. The van der Waals surface area contributed by atoms with Crippen LogP contribution in [0.15, 0.2) is 15.5 Å². The number of hydrogen-bond donors (Lipinski definition) is 3. The number of phosphoric ester groups is 2. The molecular weight excluding hydrogens is 448 g/mol. The Kier molecular flexibility index (Phi) is 6.58. The van der Waals surface area contributed by atoms with Gasteiger partial charge in [-0.05, 0) is 28.8 Å². The second-order valence-corrected chi connectivity index (χ2v) is 8.96. The van der Waals surface area contributed by atoms with Crippen LogP contribution in [0.2, 0.25) is 0 Å². The molecule has 1 aromatic rings. The van der Waals surface area contributed by atoms with Gasteiger partial charge in [-0.3, -0.25) is 13.6 Å². The third-order valence-electron chi connectivity index (χ3n) is 3.19. The zero-order chi connectivity index (χ0) is 18.8. The minimum Gasteiger partial charge on any atom is -0.383 e. The lowest BCUT2D eigenvalue weighted by Gasteiger charge is -2.18. The highest BCUT2D eigenvalue weighted by Crippen LogP contribution is 2.60. The number of phosphoric acid groups is 2. The van der Waals surface area contributed by atoms with Crippen LogP contribution in [0.5, 0.6) is 0 Å². The van der Waals surface area contributed by atoms with Gasteiger partial charge >= 0.3 is 21.3 Å². The van der Waals surface area contributed by atoms with E-state index < -0.39 is 40.3 Å². The van der Waals surface area contributed by atoms with Gasteiger partial charge in [0.2, 0.25) is 0 Å². The molecule has 0 spiro atoms. The van der Waals surface area contributed by atoms with Crippen LogP contribution in [-0.4, -0.2) is 39.2 Å². The minimum atomic E-state index is -4.82. The molecule has 15 heteroatoms. The largest absolute Gasteiger partial charge is 0.481 e. The number of ether oxygens (including phenoxy) is 1. The average molecular weight is 464 g/mol. The van der Waals surface area contributed by atoms with E-state index in [1.807, 2.05) is 0 Å². The SMILES string of the molecule is COP(=O)(O)OP(=O)(O)OC[C@@H]1CCC(n2cc(Br)c(N)nc2=O)O1. The first-order valence-electron chi connectivity index (χ1n) is 6.80. The number of nitrogens with two attached hydrogens (primary N) is 1. The van der Waals surface area contributed by atoms with Gasteiger partial charge < -0.3 is 20.3 Å². The number of anilines is 1. The summed E-state index contributed by atoms with van der Waals surface area (Å²) in [5.74, 6) is 0.0454. The smallest absolute Gasteiger partial charge is 0.383 e. The normalized spacial score (nSPS) is 25.4. The highest BCUT2D eigenvalue weighted by Gasteiger charge is 2.36. The van der Waals surface area contributed by atoms with Crippen LogP contribution >= 0.6 is 31.6 Å². The molecule has 1 aromatic heterocycles. The van der Waals surface area contributed by atoms with Crippen molar-refractivity contribution in [2.45, 2.75) is 25.2 Å². The zero-order valence-corrected chi connectivity index (χ0v) is 16.2. The second-order valence-electron chi connectivity index (χ2n) is 4.95. The van der Waals surface area contributed by atoms with Gasteiger partial charge in [-0.25, -0.2) is 13.9 Å². The summed E-state index contributed by atoms with van der Waals surface area (Å²) in [5, 5.41) is 0. The van der Waals surface area contributed by atoms with Crippen molar-refractivity contribution >= 4 is 37.4 Å². The van der Waals surface area contributed by atoms with Crippen molar-refractivity contribution in [3.05, 3.63) is 21.2 Å². The van der Waals surface area contributed by atoms with E-state index in [-0.39, 0.29) is 5.82 Å². The molecule has 25 heavy (non-hydrogen) atoms. The Hall–Kier alpha value is -0.620. The zero-order valence-electron chi connectivity index (χ0n) is 12.8. The summed E-state index contributed by atoms with van der Waals surface area (Å²) in [6, 6.07) is 0. The Morgan fingerprint density at radius 2 is 2.12 bits per heavy atom. The van der Waals surface area contributed by atoms with Gasteiger partial charge in [-0.1, -0.05) is 0 Å². The first-order valence-corrected chi connectivity index (χ1v) is 10.6. The molecule has 2 rings (SSSR count). The van der Waals surface area contributed by atoms with Gasteiger partial charge in [0.15, 0.2) is 0 Å². The Morgan fingerprint density at radius 3 is 2.76 bits per heavy atom. The maximum absolute atomic E-state index is 11.9. The lowest BCUT2D eigenvalue weighted by atomic mass is 10.2. The maximum atomic E-state index is 11.9. The van der Waals surface area contributed by atoms with Crippen LogP contribution < -0.4 is 11.4 Å². The molecule has 3 unspecified atom stereocenters. The highest BCUT2D eigenvalue weighted by atomic mass is 79.9. The Morgan fingerprint density at radius 1 is 1.44 bits per heavy atom. The van der Waals surface area contributed by atoms with Crippen molar-refractivity contribution in [3.8, 4) is 0 Å². The van der Waals surface area contributed by atoms with Crippen LogP contribution in [0.3, 0.4) is 0 Å². The number of nitrogen functional groups attached to an aromatic ring is 1. The number of nitrogens with zero attached hydrogens (tertiary/aromatic N) is 2. The molecule has 0 saturated carbocycles. The molecule has 0 aliphatic carbocycles. The van der Waals surface area contributed by atoms with Gasteiger partial charge in [0, 0.05) is 13.3 Å². The van der Waals surface area contributed by atoms with E-state index in [1.54, 1.807) is 0 Å². The van der Waals surface area contributed by atoms with E-state index in [0.717, 1.165) is 7.11 Å². The number of aromatic nitrogens is 2. The van der Waals surface area contributed by atoms with Gasteiger partial charge in [-0.2, -0.15) is 9.29 Å². The van der Waals surface area contributed by atoms with Crippen molar-refractivity contribution in [2.24, 2.45) is 0 Å². The predicted octanol–water partition coefficient (Wildman–Crippen LogP) is 1.15. The van der Waals surface area contributed by atoms with Crippen molar-refractivity contribution in [2.75, 3.05) is 19.5 Å². The lowest BCUT2D eigenvalue weighted by Crippen LogP contribution is -2.28. The van der Waals surface area contributed by atoms with Gasteiger partial charge in [-0.15, -0.1) is 0 Å². The first-order chi connectivity index (χ1) is 11.5. The highest BCUT2D eigenvalue weighted by molar-refractivity contribution is 9.10. The fourth-order valence-corrected chi connectivity index (χ4v) is 4.20. The molecule has 4 N–H and O–H groups in total. The van der Waals surface area contributed by atoms with Crippen LogP contribution in [0.25, 0.3) is 0 Å². The molecule has 0 aromatic carbocycles. The molecule has 0 bridgehead atoms. The molecule has 1 aliphatic heterocycles. The van der Waals surface area contributed by atoms with Crippen molar-refractivity contribution in [3.63, 3.8) is 0 Å². The lowest BCUT2D eigenvalue weighted by molar-refractivity contribution is -0.0244. The number of hydrogen-bond acceptors (Lipinski definition) is 9. The molecular formula is C10H16BrN3O9P2. The van der Waals surface area contributed by atoms with E-state index >= 15 is 0 Å². The molecule has 12 nitrogen and oxygen atoms in total. The summed E-state index contributed by atoms with van der Waals surface area (Å²) in [6.45, 7) is -0.397. The number of halogens is 1. The van der Waals surface area contributed by atoms with Gasteiger partial charge in [0.1, 0.15) is 12.0 Å².